The summed E-state index contributed by atoms with van der Waals surface area (Å²) < 4.78 is 24.8. The first kappa shape index (κ1) is 27.8. The SMILES string of the molecule is COc1ccc(CCN(C)c2cc(Cl)nc(SCC(=O)N3CCN(c4ccccc4F)CC3)n2)cc1OC. The van der Waals surface area contributed by atoms with Crippen LogP contribution >= 0.6 is 23.4 Å². The van der Waals surface area contributed by atoms with Crippen LogP contribution in [0.1, 0.15) is 5.56 Å². The molecule has 4 rings (SSSR count). The summed E-state index contributed by atoms with van der Waals surface area (Å²) in [6.07, 6.45) is 0.762. The normalized spacial score (nSPS) is 13.4. The fourth-order valence-corrected chi connectivity index (χ4v) is 5.20. The van der Waals surface area contributed by atoms with Crippen LogP contribution in [0.3, 0.4) is 0 Å². The van der Waals surface area contributed by atoms with E-state index in [0.717, 1.165) is 12.0 Å². The van der Waals surface area contributed by atoms with Gasteiger partial charge >= 0.3 is 0 Å². The molecule has 11 heteroatoms. The minimum atomic E-state index is -0.245. The number of hydrogen-bond acceptors (Lipinski definition) is 8. The number of rotatable bonds is 10. The van der Waals surface area contributed by atoms with Crippen molar-refractivity contribution >= 4 is 40.8 Å². The smallest absolute Gasteiger partial charge is 0.233 e. The summed E-state index contributed by atoms with van der Waals surface area (Å²) in [4.78, 5) is 27.5. The molecule has 1 saturated heterocycles. The Morgan fingerprint density at radius 2 is 1.79 bits per heavy atom. The van der Waals surface area contributed by atoms with Gasteiger partial charge in [-0.3, -0.25) is 4.79 Å². The summed E-state index contributed by atoms with van der Waals surface area (Å²) in [5, 5.41) is 0.769. The van der Waals surface area contributed by atoms with Gasteiger partial charge in [0.05, 0.1) is 25.7 Å². The van der Waals surface area contributed by atoms with E-state index in [-0.39, 0.29) is 17.5 Å². The minimum Gasteiger partial charge on any atom is -0.493 e. The number of halogens is 2. The van der Waals surface area contributed by atoms with Gasteiger partial charge in [0.2, 0.25) is 5.91 Å². The van der Waals surface area contributed by atoms with E-state index in [0.29, 0.717) is 66.0 Å². The number of methoxy groups -OCH3 is 2. The van der Waals surface area contributed by atoms with Crippen molar-refractivity contribution in [3.8, 4) is 11.5 Å². The first-order valence-corrected chi connectivity index (χ1v) is 13.6. The Bertz CT molecular complexity index is 1260. The van der Waals surface area contributed by atoms with Crippen molar-refractivity contribution in [2.45, 2.75) is 11.6 Å². The minimum absolute atomic E-state index is 0.00452. The number of anilines is 2. The Kier molecular flexibility index (Phi) is 9.52. The van der Waals surface area contributed by atoms with Crippen molar-refractivity contribution < 1.29 is 18.7 Å². The van der Waals surface area contributed by atoms with Crippen LogP contribution in [-0.2, 0) is 11.2 Å². The number of carbonyl (C=O) groups excluding carboxylic acids is 1. The highest BCUT2D eigenvalue weighted by molar-refractivity contribution is 7.99. The molecule has 1 amide bonds. The highest BCUT2D eigenvalue weighted by Crippen LogP contribution is 2.28. The maximum atomic E-state index is 14.1. The summed E-state index contributed by atoms with van der Waals surface area (Å²) in [7, 11) is 5.17. The average molecular weight is 560 g/mol. The second kappa shape index (κ2) is 13.0. The zero-order valence-electron chi connectivity index (χ0n) is 21.7. The highest BCUT2D eigenvalue weighted by Gasteiger charge is 2.23. The van der Waals surface area contributed by atoms with Gasteiger partial charge in [0.25, 0.3) is 0 Å². The van der Waals surface area contributed by atoms with Gasteiger partial charge in [0.15, 0.2) is 16.7 Å². The number of hydrogen-bond donors (Lipinski definition) is 0. The Morgan fingerprint density at radius 3 is 2.50 bits per heavy atom. The average Bonchev–Trinajstić information content (AvgIpc) is 2.94. The predicted molar refractivity (Wildman–Crippen MR) is 149 cm³/mol. The molecule has 38 heavy (non-hydrogen) atoms. The van der Waals surface area contributed by atoms with E-state index in [9.17, 15) is 9.18 Å². The number of para-hydroxylation sites is 1. The molecule has 0 spiro atoms. The molecule has 1 fully saturated rings. The predicted octanol–water partition coefficient (Wildman–Crippen LogP) is 4.41. The van der Waals surface area contributed by atoms with Crippen molar-refractivity contribution in [2.75, 3.05) is 69.5 Å². The van der Waals surface area contributed by atoms with Gasteiger partial charge in [-0.05, 0) is 36.2 Å². The molecule has 2 aromatic carbocycles. The zero-order chi connectivity index (χ0) is 27.1. The van der Waals surface area contributed by atoms with Crippen LogP contribution in [0, 0.1) is 5.82 Å². The van der Waals surface area contributed by atoms with Crippen molar-refractivity contribution in [1.82, 2.24) is 14.9 Å². The first-order chi connectivity index (χ1) is 18.4. The zero-order valence-corrected chi connectivity index (χ0v) is 23.3. The van der Waals surface area contributed by atoms with Gasteiger partial charge < -0.3 is 24.2 Å². The van der Waals surface area contributed by atoms with E-state index in [4.69, 9.17) is 21.1 Å². The van der Waals surface area contributed by atoms with Crippen molar-refractivity contribution in [3.63, 3.8) is 0 Å². The summed E-state index contributed by atoms with van der Waals surface area (Å²) in [5.41, 5.74) is 1.68. The second-order valence-corrected chi connectivity index (χ2v) is 10.1. The van der Waals surface area contributed by atoms with Gasteiger partial charge in [-0.15, -0.1) is 0 Å². The lowest BCUT2D eigenvalue weighted by atomic mass is 10.1. The Morgan fingerprint density at radius 1 is 1.05 bits per heavy atom. The molecule has 202 valence electrons. The number of thioether (sulfide) groups is 1. The molecular formula is C27H31ClFN5O3S. The van der Waals surface area contributed by atoms with Gasteiger partial charge in [0, 0.05) is 45.8 Å². The number of ether oxygens (including phenoxy) is 2. The summed E-state index contributed by atoms with van der Waals surface area (Å²) in [5.74, 6) is 2.01. The molecule has 0 bridgehead atoms. The Labute approximate surface area is 231 Å². The van der Waals surface area contributed by atoms with Crippen LogP contribution in [0.4, 0.5) is 15.9 Å². The molecule has 1 aromatic heterocycles. The second-order valence-electron chi connectivity index (χ2n) is 8.80. The lowest BCUT2D eigenvalue weighted by Gasteiger charge is -2.36. The highest BCUT2D eigenvalue weighted by atomic mass is 35.5. The van der Waals surface area contributed by atoms with Crippen molar-refractivity contribution in [3.05, 3.63) is 65.1 Å². The molecule has 0 N–H and O–H groups in total. The molecule has 0 radical (unpaired) electrons. The number of carbonyl (C=O) groups is 1. The Balaban J connectivity index is 1.30. The van der Waals surface area contributed by atoms with E-state index in [2.05, 4.69) is 9.97 Å². The largest absolute Gasteiger partial charge is 0.493 e. The monoisotopic (exact) mass is 559 g/mol. The lowest BCUT2D eigenvalue weighted by Crippen LogP contribution is -2.49. The van der Waals surface area contributed by atoms with E-state index < -0.39 is 0 Å². The van der Waals surface area contributed by atoms with Crippen LogP contribution in [0.2, 0.25) is 5.15 Å². The first-order valence-electron chi connectivity index (χ1n) is 12.2. The maximum Gasteiger partial charge on any atom is 0.233 e. The van der Waals surface area contributed by atoms with Gasteiger partial charge in [-0.1, -0.05) is 41.6 Å². The number of piperazine rings is 1. The third-order valence-electron chi connectivity index (χ3n) is 6.39. The van der Waals surface area contributed by atoms with Gasteiger partial charge in [-0.2, -0.15) is 0 Å². The molecule has 0 atom stereocenters. The fraction of sp³-hybridized carbons (Fsp3) is 0.370. The van der Waals surface area contributed by atoms with Crippen LogP contribution in [0.5, 0.6) is 11.5 Å². The molecule has 0 unspecified atom stereocenters. The van der Waals surface area contributed by atoms with Crippen molar-refractivity contribution in [2.24, 2.45) is 0 Å². The van der Waals surface area contributed by atoms with E-state index in [1.54, 1.807) is 37.3 Å². The van der Waals surface area contributed by atoms with E-state index in [1.807, 2.05) is 41.1 Å². The summed E-state index contributed by atoms with van der Waals surface area (Å²) in [6.45, 7) is 2.93. The number of likely N-dealkylation sites (N-methyl/N-ethyl adjacent to an activating group) is 1. The number of aromatic nitrogens is 2. The molecule has 0 saturated carbocycles. The molecule has 2 heterocycles. The molecular weight excluding hydrogens is 529 g/mol. The summed E-state index contributed by atoms with van der Waals surface area (Å²) >= 11 is 7.54. The summed E-state index contributed by atoms with van der Waals surface area (Å²) in [6, 6.07) is 14.3. The van der Waals surface area contributed by atoms with Crippen molar-refractivity contribution in [1.29, 1.82) is 0 Å². The van der Waals surface area contributed by atoms with Crippen LogP contribution in [0.15, 0.2) is 53.7 Å². The third-order valence-corrected chi connectivity index (χ3v) is 7.41. The topological polar surface area (TPSA) is 71.0 Å². The Hall–Kier alpha value is -3.24. The van der Waals surface area contributed by atoms with Gasteiger partial charge in [-0.25, -0.2) is 14.4 Å². The quantitative estimate of drug-likeness (QED) is 0.206. The van der Waals surface area contributed by atoms with Crippen LogP contribution in [-0.4, -0.2) is 80.5 Å². The standard InChI is InChI=1S/C27H31ClFN5O3S/c1-32(11-10-19-8-9-22(36-2)23(16-19)37-3)25-17-24(28)30-27(31-25)38-18-26(35)34-14-12-33(13-15-34)21-7-5-4-6-20(21)29/h4-9,16-17H,10-15,18H2,1-3H3. The molecule has 0 aliphatic carbocycles. The van der Waals surface area contributed by atoms with E-state index in [1.165, 1.54) is 17.8 Å². The molecule has 8 nitrogen and oxygen atoms in total. The van der Waals surface area contributed by atoms with Crippen LogP contribution < -0.4 is 19.3 Å². The van der Waals surface area contributed by atoms with E-state index >= 15 is 0 Å². The lowest BCUT2D eigenvalue weighted by molar-refractivity contribution is -0.128. The fourth-order valence-electron chi connectivity index (χ4n) is 4.22. The molecule has 3 aromatic rings. The number of benzene rings is 2. The number of nitrogens with zero attached hydrogens (tertiary/aromatic N) is 5. The number of amides is 1. The third kappa shape index (κ3) is 6.99. The molecule has 1 aliphatic heterocycles. The maximum absolute atomic E-state index is 14.1. The van der Waals surface area contributed by atoms with Gasteiger partial charge in [0.1, 0.15) is 16.8 Å². The molecule has 1 aliphatic rings. The van der Waals surface area contributed by atoms with Crippen LogP contribution in [0.25, 0.3) is 0 Å².